The summed E-state index contributed by atoms with van der Waals surface area (Å²) in [7, 11) is 3.04. The minimum absolute atomic E-state index is 0.215. The van der Waals surface area contributed by atoms with Gasteiger partial charge in [-0.25, -0.2) is 4.98 Å². The monoisotopic (exact) mass is 244 g/mol. The molecule has 0 saturated heterocycles. The van der Waals surface area contributed by atoms with Crippen LogP contribution in [0.3, 0.4) is 0 Å². The van der Waals surface area contributed by atoms with Crippen LogP contribution in [-0.4, -0.2) is 22.9 Å². The van der Waals surface area contributed by atoms with Crippen molar-refractivity contribution in [3.05, 3.63) is 46.5 Å². The van der Waals surface area contributed by atoms with Gasteiger partial charge in [-0.05, 0) is 0 Å². The smallest absolute Gasteiger partial charge is 0.264 e. The van der Waals surface area contributed by atoms with E-state index in [4.69, 9.17) is 4.74 Å². The molecule has 0 atom stereocenters. The molecule has 5 heteroatoms. The molecule has 18 heavy (non-hydrogen) atoms. The highest BCUT2D eigenvalue weighted by atomic mass is 16.5. The molecule has 92 valence electrons. The molecule has 1 heterocycles. The fourth-order valence-electron chi connectivity index (χ4n) is 1.74. The standard InChI is InChI=1S/C13H12N2O3/c1-15-8-14-12(18-2)11(13(15)17)10-6-4-3-5-9(10)7-16/h3-8H,1-2H3. The number of hydrogen-bond acceptors (Lipinski definition) is 4. The zero-order chi connectivity index (χ0) is 13.1. The molecule has 0 aliphatic rings. The Bertz CT molecular complexity index is 647. The van der Waals surface area contributed by atoms with Gasteiger partial charge in [0.1, 0.15) is 11.9 Å². The van der Waals surface area contributed by atoms with Crippen molar-refractivity contribution in [2.75, 3.05) is 7.11 Å². The molecule has 2 rings (SSSR count). The fourth-order valence-corrected chi connectivity index (χ4v) is 1.74. The normalized spacial score (nSPS) is 10.1. The number of rotatable bonds is 3. The van der Waals surface area contributed by atoms with E-state index in [1.54, 1.807) is 31.3 Å². The van der Waals surface area contributed by atoms with E-state index in [1.807, 2.05) is 0 Å². The van der Waals surface area contributed by atoms with Gasteiger partial charge in [-0.1, -0.05) is 24.3 Å². The van der Waals surface area contributed by atoms with Crippen molar-refractivity contribution in [2.24, 2.45) is 7.05 Å². The second-order valence-corrected chi connectivity index (χ2v) is 3.75. The predicted octanol–water partition coefficient (Wildman–Crippen LogP) is 1.27. The molecule has 0 aliphatic heterocycles. The number of aromatic nitrogens is 2. The van der Waals surface area contributed by atoms with Gasteiger partial charge >= 0.3 is 0 Å². The number of aryl methyl sites for hydroxylation is 1. The molecule has 0 saturated carbocycles. The Morgan fingerprint density at radius 1 is 1.33 bits per heavy atom. The van der Waals surface area contributed by atoms with Crippen LogP contribution in [0.25, 0.3) is 11.1 Å². The highest BCUT2D eigenvalue weighted by molar-refractivity contribution is 5.88. The molecule has 0 N–H and O–H groups in total. The lowest BCUT2D eigenvalue weighted by Crippen LogP contribution is -2.20. The zero-order valence-electron chi connectivity index (χ0n) is 10.1. The quantitative estimate of drug-likeness (QED) is 0.763. The van der Waals surface area contributed by atoms with Gasteiger partial charge in [0.15, 0.2) is 6.29 Å². The summed E-state index contributed by atoms with van der Waals surface area (Å²) in [6, 6.07) is 6.84. The summed E-state index contributed by atoms with van der Waals surface area (Å²) in [6.07, 6.45) is 2.09. The summed E-state index contributed by atoms with van der Waals surface area (Å²) in [4.78, 5) is 27.2. The zero-order valence-corrected chi connectivity index (χ0v) is 10.1. The largest absolute Gasteiger partial charge is 0.480 e. The Balaban J connectivity index is 2.81. The maximum atomic E-state index is 12.1. The molecular weight excluding hydrogens is 232 g/mol. The molecule has 1 aromatic carbocycles. The number of methoxy groups -OCH3 is 1. The van der Waals surface area contributed by atoms with Crippen molar-refractivity contribution in [3.63, 3.8) is 0 Å². The Kier molecular flexibility index (Phi) is 3.23. The van der Waals surface area contributed by atoms with E-state index in [0.717, 1.165) is 0 Å². The van der Waals surface area contributed by atoms with Crippen LogP contribution in [0.5, 0.6) is 5.88 Å². The van der Waals surface area contributed by atoms with Crippen LogP contribution in [0.1, 0.15) is 10.4 Å². The fraction of sp³-hybridized carbons (Fsp3) is 0.154. The van der Waals surface area contributed by atoms with Crippen LogP contribution in [0, 0.1) is 0 Å². The van der Waals surface area contributed by atoms with E-state index < -0.39 is 0 Å². The topological polar surface area (TPSA) is 61.2 Å². The van der Waals surface area contributed by atoms with Gasteiger partial charge in [0.05, 0.1) is 7.11 Å². The Morgan fingerprint density at radius 3 is 2.72 bits per heavy atom. The van der Waals surface area contributed by atoms with Crippen LogP contribution in [-0.2, 0) is 7.05 Å². The van der Waals surface area contributed by atoms with E-state index in [0.29, 0.717) is 23.0 Å². The molecule has 2 aromatic rings. The lowest BCUT2D eigenvalue weighted by Gasteiger charge is -2.09. The second kappa shape index (κ2) is 4.83. The molecule has 0 fully saturated rings. The average Bonchev–Trinajstić information content (AvgIpc) is 2.41. The van der Waals surface area contributed by atoms with Crippen molar-refractivity contribution in [1.82, 2.24) is 9.55 Å². The lowest BCUT2D eigenvalue weighted by molar-refractivity contribution is 0.112. The summed E-state index contributed by atoms with van der Waals surface area (Å²) >= 11 is 0. The van der Waals surface area contributed by atoms with Gasteiger partial charge in [-0.3, -0.25) is 9.59 Å². The van der Waals surface area contributed by atoms with E-state index in [-0.39, 0.29) is 11.4 Å². The number of nitrogens with zero attached hydrogens (tertiary/aromatic N) is 2. The van der Waals surface area contributed by atoms with E-state index in [1.165, 1.54) is 18.0 Å². The number of carbonyl (C=O) groups is 1. The second-order valence-electron chi connectivity index (χ2n) is 3.75. The molecule has 0 amide bonds. The third kappa shape index (κ3) is 1.90. The van der Waals surface area contributed by atoms with Gasteiger partial charge in [0.2, 0.25) is 5.88 Å². The molecular formula is C13H12N2O3. The van der Waals surface area contributed by atoms with Crippen LogP contribution in [0.2, 0.25) is 0 Å². The Morgan fingerprint density at radius 2 is 2.06 bits per heavy atom. The first-order chi connectivity index (χ1) is 8.69. The molecule has 0 radical (unpaired) electrons. The van der Waals surface area contributed by atoms with Crippen molar-refractivity contribution < 1.29 is 9.53 Å². The molecule has 1 aromatic heterocycles. The van der Waals surface area contributed by atoms with Gasteiger partial charge in [0.25, 0.3) is 5.56 Å². The van der Waals surface area contributed by atoms with Crippen LogP contribution >= 0.6 is 0 Å². The van der Waals surface area contributed by atoms with Crippen molar-refractivity contribution in [1.29, 1.82) is 0 Å². The Hall–Kier alpha value is -2.43. The summed E-state index contributed by atoms with van der Waals surface area (Å²) < 4.78 is 6.44. The van der Waals surface area contributed by atoms with Crippen LogP contribution in [0.4, 0.5) is 0 Å². The molecule has 0 aliphatic carbocycles. The Labute approximate surface area is 104 Å². The first-order valence-electron chi connectivity index (χ1n) is 5.33. The van der Waals surface area contributed by atoms with Crippen molar-refractivity contribution in [2.45, 2.75) is 0 Å². The van der Waals surface area contributed by atoms with E-state index >= 15 is 0 Å². The summed E-state index contributed by atoms with van der Waals surface area (Å²) in [5.74, 6) is 0.215. The minimum Gasteiger partial charge on any atom is -0.480 e. The minimum atomic E-state index is -0.254. The number of hydrogen-bond donors (Lipinski definition) is 0. The third-order valence-electron chi connectivity index (χ3n) is 2.65. The van der Waals surface area contributed by atoms with E-state index in [2.05, 4.69) is 4.98 Å². The SMILES string of the molecule is COc1ncn(C)c(=O)c1-c1ccccc1C=O. The maximum Gasteiger partial charge on any atom is 0.264 e. The summed E-state index contributed by atoms with van der Waals surface area (Å²) in [6.45, 7) is 0. The third-order valence-corrected chi connectivity index (χ3v) is 2.65. The first-order valence-corrected chi connectivity index (χ1v) is 5.33. The van der Waals surface area contributed by atoms with Gasteiger partial charge in [-0.15, -0.1) is 0 Å². The van der Waals surface area contributed by atoms with Crippen molar-refractivity contribution in [3.8, 4) is 17.0 Å². The molecule has 0 spiro atoms. The van der Waals surface area contributed by atoms with E-state index in [9.17, 15) is 9.59 Å². The highest BCUT2D eigenvalue weighted by Crippen LogP contribution is 2.26. The molecule has 0 unspecified atom stereocenters. The van der Waals surface area contributed by atoms with Crippen molar-refractivity contribution >= 4 is 6.29 Å². The summed E-state index contributed by atoms with van der Waals surface area (Å²) in [5.41, 5.74) is 1.00. The van der Waals surface area contributed by atoms with Crippen LogP contribution < -0.4 is 10.3 Å². The van der Waals surface area contributed by atoms with Gasteiger partial charge < -0.3 is 9.30 Å². The predicted molar refractivity (Wildman–Crippen MR) is 66.9 cm³/mol. The molecule has 5 nitrogen and oxygen atoms in total. The number of ether oxygens (including phenoxy) is 1. The summed E-state index contributed by atoms with van der Waals surface area (Å²) in [5, 5.41) is 0. The number of benzene rings is 1. The molecule has 0 bridgehead atoms. The average molecular weight is 244 g/mol. The van der Waals surface area contributed by atoms with Gasteiger partial charge in [-0.2, -0.15) is 0 Å². The highest BCUT2D eigenvalue weighted by Gasteiger charge is 2.16. The lowest BCUT2D eigenvalue weighted by atomic mass is 10.0. The maximum absolute atomic E-state index is 12.1. The van der Waals surface area contributed by atoms with Gasteiger partial charge in [0, 0.05) is 18.2 Å². The first kappa shape index (κ1) is 12.0. The number of aldehydes is 1. The number of carbonyl (C=O) groups excluding carboxylic acids is 1. The van der Waals surface area contributed by atoms with Crippen LogP contribution in [0.15, 0.2) is 35.4 Å².